The van der Waals surface area contributed by atoms with Crippen LogP contribution in [0, 0.1) is 5.92 Å². The van der Waals surface area contributed by atoms with Gasteiger partial charge in [0.1, 0.15) is 6.10 Å². The number of hydrogen-bond donors (Lipinski definition) is 0. The molecule has 0 spiro atoms. The molecule has 1 aromatic heterocycles. The Morgan fingerprint density at radius 3 is 1.76 bits per heavy atom. The molecule has 1 unspecified atom stereocenters. The number of ether oxygens (including phenoxy) is 8. The summed E-state index contributed by atoms with van der Waals surface area (Å²) < 4.78 is 44.2. The van der Waals surface area contributed by atoms with Gasteiger partial charge in [-0.05, 0) is 19.1 Å². The fraction of sp³-hybridized carbons (Fsp3) is 0.394. The monoisotopic (exact) mass is 625 g/mol. The van der Waals surface area contributed by atoms with Gasteiger partial charge < -0.3 is 37.9 Å². The number of hydrogen-bond acceptors (Lipinski definition) is 12. The van der Waals surface area contributed by atoms with Crippen molar-refractivity contribution in [1.82, 2.24) is 4.98 Å². The third kappa shape index (κ3) is 8.14. The van der Waals surface area contributed by atoms with Crippen LogP contribution in [-0.4, -0.2) is 71.2 Å². The number of nitrogens with zero attached hydrogens (tertiary/aromatic N) is 1. The summed E-state index contributed by atoms with van der Waals surface area (Å²) in [5.41, 5.74) is 1.29. The third-order valence-corrected chi connectivity index (χ3v) is 7.02. The van der Waals surface area contributed by atoms with Crippen molar-refractivity contribution in [2.24, 2.45) is 5.92 Å². The molecule has 2 atom stereocenters. The molecule has 0 amide bonds. The second-order valence-corrected chi connectivity index (χ2v) is 9.90. The maximum Gasteiger partial charge on any atom is 0.309 e. The van der Waals surface area contributed by atoms with Gasteiger partial charge in [0.2, 0.25) is 6.79 Å². The number of ketones is 1. The van der Waals surface area contributed by atoms with Crippen molar-refractivity contribution < 1.29 is 52.3 Å². The molecule has 0 fully saturated rings. The van der Waals surface area contributed by atoms with E-state index in [1.54, 1.807) is 26.0 Å². The number of carbonyl (C=O) groups excluding carboxylic acids is 3. The van der Waals surface area contributed by atoms with Crippen molar-refractivity contribution in [3.63, 3.8) is 0 Å². The van der Waals surface area contributed by atoms with Crippen LogP contribution in [0.4, 0.5) is 0 Å². The SMILES string of the molecule is COc1cccc(C(c2cccc(OC)c2OC)C(C)OC(=O)[C@H](C)CC(=O)c2nccc(OC)c2OCOC(C)=O)c1OC. The van der Waals surface area contributed by atoms with E-state index in [4.69, 9.17) is 37.9 Å². The number of rotatable bonds is 16. The van der Waals surface area contributed by atoms with Crippen molar-refractivity contribution >= 4 is 17.7 Å². The molecule has 0 aliphatic rings. The van der Waals surface area contributed by atoms with Crippen molar-refractivity contribution in [3.8, 4) is 34.5 Å². The van der Waals surface area contributed by atoms with Gasteiger partial charge in [-0.2, -0.15) is 0 Å². The highest BCUT2D eigenvalue weighted by atomic mass is 16.7. The predicted molar refractivity (Wildman–Crippen MR) is 163 cm³/mol. The van der Waals surface area contributed by atoms with Gasteiger partial charge in [0.25, 0.3) is 0 Å². The first kappa shape index (κ1) is 34.5. The van der Waals surface area contributed by atoms with Crippen molar-refractivity contribution in [1.29, 1.82) is 0 Å². The van der Waals surface area contributed by atoms with Crippen LogP contribution in [0.1, 0.15) is 54.7 Å². The van der Waals surface area contributed by atoms with E-state index in [0.717, 1.165) is 0 Å². The van der Waals surface area contributed by atoms with Gasteiger partial charge in [0.05, 0.1) is 47.4 Å². The van der Waals surface area contributed by atoms with Crippen LogP contribution in [0.2, 0.25) is 0 Å². The molecule has 12 heteroatoms. The molecule has 2 aromatic carbocycles. The highest BCUT2D eigenvalue weighted by Crippen LogP contribution is 2.46. The second kappa shape index (κ2) is 16.2. The second-order valence-electron chi connectivity index (χ2n) is 9.90. The summed E-state index contributed by atoms with van der Waals surface area (Å²) in [5, 5.41) is 0. The number of benzene rings is 2. The molecule has 242 valence electrons. The number of carbonyl (C=O) groups is 3. The average Bonchev–Trinajstić information content (AvgIpc) is 3.04. The van der Waals surface area contributed by atoms with E-state index in [1.165, 1.54) is 54.7 Å². The minimum Gasteiger partial charge on any atom is -0.493 e. The molecule has 3 rings (SSSR count). The molecular formula is C33H39NO11. The van der Waals surface area contributed by atoms with Crippen molar-refractivity contribution in [3.05, 3.63) is 65.5 Å². The Kier molecular flexibility index (Phi) is 12.4. The Morgan fingerprint density at radius 1 is 0.733 bits per heavy atom. The largest absolute Gasteiger partial charge is 0.493 e. The van der Waals surface area contributed by atoms with E-state index >= 15 is 0 Å². The summed E-state index contributed by atoms with van der Waals surface area (Å²) in [6, 6.07) is 12.4. The summed E-state index contributed by atoms with van der Waals surface area (Å²) >= 11 is 0. The summed E-state index contributed by atoms with van der Waals surface area (Å²) in [4.78, 5) is 42.1. The summed E-state index contributed by atoms with van der Waals surface area (Å²) in [6.07, 6.45) is 0.365. The Labute approximate surface area is 262 Å². The smallest absolute Gasteiger partial charge is 0.309 e. The van der Waals surface area contributed by atoms with E-state index < -0.39 is 42.5 Å². The van der Waals surface area contributed by atoms with Gasteiger partial charge in [-0.3, -0.25) is 14.4 Å². The zero-order valence-electron chi connectivity index (χ0n) is 26.7. The van der Waals surface area contributed by atoms with Crippen LogP contribution < -0.4 is 28.4 Å². The van der Waals surface area contributed by atoms with Crippen LogP contribution in [-0.2, 0) is 19.1 Å². The van der Waals surface area contributed by atoms with Crippen molar-refractivity contribution in [2.45, 2.75) is 39.2 Å². The minimum atomic E-state index is -0.866. The fourth-order valence-corrected chi connectivity index (χ4v) is 4.91. The van der Waals surface area contributed by atoms with Crippen LogP contribution in [0.3, 0.4) is 0 Å². The van der Waals surface area contributed by atoms with Crippen LogP contribution in [0.15, 0.2) is 48.7 Å². The van der Waals surface area contributed by atoms with Crippen LogP contribution >= 0.6 is 0 Å². The zero-order valence-corrected chi connectivity index (χ0v) is 26.7. The molecule has 3 aromatic rings. The maximum absolute atomic E-state index is 13.5. The maximum atomic E-state index is 13.5. The van der Waals surface area contributed by atoms with E-state index in [2.05, 4.69) is 4.98 Å². The number of esters is 2. The summed E-state index contributed by atoms with van der Waals surface area (Å²) in [7, 11) is 7.53. The normalized spacial score (nSPS) is 12.0. The highest BCUT2D eigenvalue weighted by molar-refractivity contribution is 5.99. The number of para-hydroxylation sites is 2. The molecule has 0 saturated carbocycles. The molecule has 45 heavy (non-hydrogen) atoms. The molecule has 0 aliphatic heterocycles. The van der Waals surface area contributed by atoms with Gasteiger partial charge in [-0.15, -0.1) is 0 Å². The molecule has 0 aliphatic carbocycles. The Hall–Kier alpha value is -5.00. The number of aromatic nitrogens is 1. The van der Waals surface area contributed by atoms with E-state index in [9.17, 15) is 14.4 Å². The van der Waals surface area contributed by atoms with Gasteiger partial charge in [0, 0.05) is 36.7 Å². The lowest BCUT2D eigenvalue weighted by molar-refractivity contribution is -0.153. The molecule has 0 N–H and O–H groups in total. The molecule has 0 radical (unpaired) electrons. The van der Waals surface area contributed by atoms with Crippen LogP contribution in [0.25, 0.3) is 0 Å². The molecule has 1 heterocycles. The molecule has 12 nitrogen and oxygen atoms in total. The molecule has 0 bridgehead atoms. The van der Waals surface area contributed by atoms with Crippen molar-refractivity contribution in [2.75, 3.05) is 42.3 Å². The minimum absolute atomic E-state index is 0.00418. The Bertz CT molecular complexity index is 1430. The zero-order chi connectivity index (χ0) is 33.1. The first-order valence-corrected chi connectivity index (χ1v) is 14.1. The standard InChI is InChI=1S/C33H39NO11/c1-19(17-24(36)29-32(44-18-43-21(3)35)27(40-6)15-16-34-29)33(37)45-20(2)28(22-11-9-13-25(38-4)30(22)41-7)23-12-10-14-26(39-5)31(23)42-8/h9-16,19-20,28H,17-18H2,1-8H3/t19-,20?/m1/s1. The van der Waals surface area contributed by atoms with Crippen LogP contribution in [0.5, 0.6) is 34.5 Å². The number of methoxy groups -OCH3 is 5. The van der Waals surface area contributed by atoms with Gasteiger partial charge in [-0.25, -0.2) is 4.98 Å². The summed E-state index contributed by atoms with van der Waals surface area (Å²) in [5.74, 6) is -0.997. The lowest BCUT2D eigenvalue weighted by Gasteiger charge is -2.29. The third-order valence-electron chi connectivity index (χ3n) is 7.02. The molecule has 0 saturated heterocycles. The first-order valence-electron chi connectivity index (χ1n) is 14.1. The average molecular weight is 626 g/mol. The number of Topliss-reactive ketones (excluding diaryl/α,β-unsaturated/α-hetero) is 1. The highest BCUT2D eigenvalue weighted by Gasteiger charge is 2.34. The lowest BCUT2D eigenvalue weighted by Crippen LogP contribution is -2.28. The fourth-order valence-electron chi connectivity index (χ4n) is 4.91. The lowest BCUT2D eigenvalue weighted by atomic mass is 9.85. The van der Waals surface area contributed by atoms with E-state index in [-0.39, 0.29) is 23.6 Å². The molecular weight excluding hydrogens is 586 g/mol. The first-order chi connectivity index (χ1) is 21.6. The predicted octanol–water partition coefficient (Wildman–Crippen LogP) is 5.00. The van der Waals surface area contributed by atoms with E-state index in [0.29, 0.717) is 34.1 Å². The summed E-state index contributed by atoms with van der Waals surface area (Å²) in [6.45, 7) is 4.11. The Balaban J connectivity index is 1.92. The van der Waals surface area contributed by atoms with E-state index in [1.807, 2.05) is 24.3 Å². The quantitative estimate of drug-likeness (QED) is 0.120. The van der Waals surface area contributed by atoms with Gasteiger partial charge in [-0.1, -0.05) is 31.2 Å². The number of pyridine rings is 1. The van der Waals surface area contributed by atoms with Gasteiger partial charge in [0.15, 0.2) is 46.0 Å². The van der Waals surface area contributed by atoms with Gasteiger partial charge >= 0.3 is 11.9 Å². The topological polar surface area (TPSA) is 138 Å². The Morgan fingerprint density at radius 2 is 1.27 bits per heavy atom.